The molecule has 2 aromatic carbocycles. The highest BCUT2D eigenvalue weighted by Gasteiger charge is 2.20. The van der Waals surface area contributed by atoms with Gasteiger partial charge in [0.05, 0.1) is 13.2 Å². The summed E-state index contributed by atoms with van der Waals surface area (Å²) in [7, 11) is 0. The number of fused-ring (bicyclic) bond motifs is 2. The lowest BCUT2D eigenvalue weighted by Gasteiger charge is -2.26. The molecule has 2 heterocycles. The molecule has 4 rings (SSSR count). The molecule has 22 heavy (non-hydrogen) atoms. The van der Waals surface area contributed by atoms with Gasteiger partial charge in [0.25, 0.3) is 0 Å². The average Bonchev–Trinajstić information content (AvgIpc) is 2.96. The molecule has 3 nitrogen and oxygen atoms in total. The van der Waals surface area contributed by atoms with Crippen molar-refractivity contribution in [2.45, 2.75) is 19.0 Å². The molecule has 0 fully saturated rings. The standard InChI is InChI=1S/C18H17NO2.ClH/c1-3-7-17-13(5-1)11-14(21-17)12-19-16-9-10-20-18-8-4-2-6-15(16)18;/h1-8,11,16,19H,9-10,12H2;1H. The number of rotatable bonds is 3. The summed E-state index contributed by atoms with van der Waals surface area (Å²) in [5.41, 5.74) is 2.18. The van der Waals surface area contributed by atoms with Gasteiger partial charge in [-0.1, -0.05) is 36.4 Å². The molecule has 4 heteroatoms. The highest BCUT2D eigenvalue weighted by Crippen LogP contribution is 2.31. The summed E-state index contributed by atoms with van der Waals surface area (Å²) in [6.45, 7) is 1.49. The van der Waals surface area contributed by atoms with Gasteiger partial charge >= 0.3 is 0 Å². The quantitative estimate of drug-likeness (QED) is 0.774. The van der Waals surface area contributed by atoms with E-state index in [2.05, 4.69) is 29.6 Å². The van der Waals surface area contributed by atoms with Gasteiger partial charge in [0, 0.05) is 23.4 Å². The predicted molar refractivity (Wildman–Crippen MR) is 89.6 cm³/mol. The Bertz CT molecular complexity index is 735. The Hall–Kier alpha value is -1.97. The Morgan fingerprint density at radius 3 is 2.77 bits per heavy atom. The van der Waals surface area contributed by atoms with Gasteiger partial charge in [-0.25, -0.2) is 0 Å². The van der Waals surface area contributed by atoms with Crippen molar-refractivity contribution in [1.29, 1.82) is 0 Å². The molecule has 1 aliphatic heterocycles. The van der Waals surface area contributed by atoms with E-state index in [1.165, 1.54) is 5.56 Å². The normalized spacial score (nSPS) is 16.6. The van der Waals surface area contributed by atoms with Crippen molar-refractivity contribution >= 4 is 23.4 Å². The number of para-hydroxylation sites is 2. The maximum Gasteiger partial charge on any atom is 0.134 e. The van der Waals surface area contributed by atoms with Crippen LogP contribution in [0.3, 0.4) is 0 Å². The van der Waals surface area contributed by atoms with E-state index >= 15 is 0 Å². The van der Waals surface area contributed by atoms with E-state index in [0.29, 0.717) is 6.04 Å². The molecule has 0 radical (unpaired) electrons. The lowest BCUT2D eigenvalue weighted by molar-refractivity contribution is 0.250. The van der Waals surface area contributed by atoms with Crippen molar-refractivity contribution in [3.8, 4) is 5.75 Å². The monoisotopic (exact) mass is 315 g/mol. The molecule has 0 saturated carbocycles. The van der Waals surface area contributed by atoms with E-state index in [1.807, 2.05) is 30.3 Å². The predicted octanol–water partition coefficient (Wildman–Crippen LogP) is 4.47. The summed E-state index contributed by atoms with van der Waals surface area (Å²) >= 11 is 0. The first-order chi connectivity index (χ1) is 10.4. The van der Waals surface area contributed by atoms with E-state index in [-0.39, 0.29) is 12.4 Å². The molecule has 1 unspecified atom stereocenters. The summed E-state index contributed by atoms with van der Waals surface area (Å²) in [6, 6.07) is 18.8. The number of ether oxygens (including phenoxy) is 1. The third-order valence-electron chi connectivity index (χ3n) is 3.96. The SMILES string of the molecule is Cl.c1ccc2c(c1)OCCC2NCc1cc2ccccc2o1. The highest BCUT2D eigenvalue weighted by molar-refractivity contribution is 5.85. The first-order valence-electron chi connectivity index (χ1n) is 7.33. The van der Waals surface area contributed by atoms with Gasteiger partial charge in [0.2, 0.25) is 0 Å². The third-order valence-corrected chi connectivity index (χ3v) is 3.96. The van der Waals surface area contributed by atoms with Crippen LogP contribution in [-0.2, 0) is 6.54 Å². The minimum Gasteiger partial charge on any atom is -0.493 e. The summed E-state index contributed by atoms with van der Waals surface area (Å²) in [5.74, 6) is 1.96. The van der Waals surface area contributed by atoms with E-state index in [4.69, 9.17) is 9.15 Å². The molecule has 1 aliphatic rings. The second kappa shape index (κ2) is 6.42. The van der Waals surface area contributed by atoms with Crippen LogP contribution in [-0.4, -0.2) is 6.61 Å². The van der Waals surface area contributed by atoms with Crippen LogP contribution in [0.1, 0.15) is 23.8 Å². The number of benzene rings is 2. The third kappa shape index (κ3) is 2.82. The molecule has 1 atom stereocenters. The minimum atomic E-state index is 0. The molecular weight excluding hydrogens is 298 g/mol. The maximum absolute atomic E-state index is 5.85. The fourth-order valence-corrected chi connectivity index (χ4v) is 2.90. The minimum absolute atomic E-state index is 0. The van der Waals surface area contributed by atoms with Crippen LogP contribution in [0.2, 0.25) is 0 Å². The number of furan rings is 1. The zero-order valence-corrected chi connectivity index (χ0v) is 12.9. The summed E-state index contributed by atoms with van der Waals surface area (Å²) in [4.78, 5) is 0. The van der Waals surface area contributed by atoms with Crippen LogP contribution in [0, 0.1) is 0 Å². The Morgan fingerprint density at radius 2 is 1.86 bits per heavy atom. The molecule has 0 amide bonds. The molecule has 1 aromatic heterocycles. The Labute approximate surface area is 135 Å². The Morgan fingerprint density at radius 1 is 1.05 bits per heavy atom. The van der Waals surface area contributed by atoms with Crippen LogP contribution in [0.15, 0.2) is 59.0 Å². The van der Waals surface area contributed by atoms with Crippen LogP contribution in [0.4, 0.5) is 0 Å². The van der Waals surface area contributed by atoms with Gasteiger partial charge in [-0.05, 0) is 18.2 Å². The van der Waals surface area contributed by atoms with Gasteiger partial charge in [-0.15, -0.1) is 12.4 Å². The zero-order valence-electron chi connectivity index (χ0n) is 12.1. The van der Waals surface area contributed by atoms with Gasteiger partial charge < -0.3 is 14.5 Å². The van der Waals surface area contributed by atoms with Crippen molar-refractivity contribution in [1.82, 2.24) is 5.32 Å². The van der Waals surface area contributed by atoms with Crippen molar-refractivity contribution in [2.75, 3.05) is 6.61 Å². The lowest BCUT2D eigenvalue weighted by atomic mass is 10.0. The fraction of sp³-hybridized carbons (Fsp3) is 0.222. The van der Waals surface area contributed by atoms with Crippen molar-refractivity contribution in [3.63, 3.8) is 0 Å². The molecule has 0 bridgehead atoms. The molecule has 0 spiro atoms. The topological polar surface area (TPSA) is 34.4 Å². The number of hydrogen-bond donors (Lipinski definition) is 1. The summed E-state index contributed by atoms with van der Waals surface area (Å²) < 4.78 is 11.5. The van der Waals surface area contributed by atoms with E-state index in [0.717, 1.165) is 42.1 Å². The zero-order chi connectivity index (χ0) is 14.1. The van der Waals surface area contributed by atoms with Gasteiger partial charge in [-0.3, -0.25) is 0 Å². The van der Waals surface area contributed by atoms with Crippen LogP contribution >= 0.6 is 12.4 Å². The van der Waals surface area contributed by atoms with Crippen LogP contribution < -0.4 is 10.1 Å². The van der Waals surface area contributed by atoms with Crippen LogP contribution in [0.25, 0.3) is 11.0 Å². The second-order valence-corrected chi connectivity index (χ2v) is 5.36. The lowest BCUT2D eigenvalue weighted by Crippen LogP contribution is -2.26. The average molecular weight is 316 g/mol. The first-order valence-corrected chi connectivity index (χ1v) is 7.33. The summed E-state index contributed by atoms with van der Waals surface area (Å²) in [6.07, 6.45) is 0.983. The molecule has 114 valence electrons. The molecule has 3 aromatic rings. The number of halogens is 1. The van der Waals surface area contributed by atoms with Gasteiger partial charge in [0.1, 0.15) is 17.1 Å². The van der Waals surface area contributed by atoms with Crippen molar-refractivity contribution in [3.05, 3.63) is 65.9 Å². The maximum atomic E-state index is 5.85. The molecule has 1 N–H and O–H groups in total. The smallest absolute Gasteiger partial charge is 0.134 e. The van der Waals surface area contributed by atoms with Crippen molar-refractivity contribution in [2.24, 2.45) is 0 Å². The Balaban J connectivity index is 0.00000144. The van der Waals surface area contributed by atoms with E-state index in [9.17, 15) is 0 Å². The largest absolute Gasteiger partial charge is 0.493 e. The Kier molecular flexibility index (Phi) is 4.36. The molecule has 0 saturated heterocycles. The van der Waals surface area contributed by atoms with Gasteiger partial charge in [-0.2, -0.15) is 0 Å². The summed E-state index contributed by atoms with van der Waals surface area (Å²) in [5, 5.41) is 4.74. The number of hydrogen-bond acceptors (Lipinski definition) is 3. The number of nitrogens with one attached hydrogen (secondary N) is 1. The second-order valence-electron chi connectivity index (χ2n) is 5.36. The highest BCUT2D eigenvalue weighted by atomic mass is 35.5. The van der Waals surface area contributed by atoms with Crippen molar-refractivity contribution < 1.29 is 9.15 Å². The van der Waals surface area contributed by atoms with Crippen LogP contribution in [0.5, 0.6) is 5.75 Å². The first kappa shape index (κ1) is 14.9. The molecule has 0 aliphatic carbocycles. The molecular formula is C18H18ClNO2. The van der Waals surface area contributed by atoms with E-state index < -0.39 is 0 Å². The van der Waals surface area contributed by atoms with Gasteiger partial charge in [0.15, 0.2) is 0 Å². The fourth-order valence-electron chi connectivity index (χ4n) is 2.90. The van der Waals surface area contributed by atoms with E-state index in [1.54, 1.807) is 0 Å².